The average Bonchev–Trinajstić information content (AvgIpc) is 3.39. The summed E-state index contributed by atoms with van der Waals surface area (Å²) in [6, 6.07) is 1.72. The third kappa shape index (κ3) is 7.98. The molecule has 0 saturated heterocycles. The van der Waals surface area contributed by atoms with Crippen molar-refractivity contribution in [3.05, 3.63) is 53.2 Å². The molecule has 0 spiro atoms. The van der Waals surface area contributed by atoms with E-state index in [1.165, 1.54) is 21.8 Å². The lowest BCUT2D eigenvalue weighted by Gasteiger charge is -2.34. The third-order valence-electron chi connectivity index (χ3n) is 7.52. The molecule has 1 aliphatic rings. The maximum atomic E-state index is 14.3. The highest BCUT2D eigenvalue weighted by Crippen LogP contribution is 2.34. The smallest absolute Gasteiger partial charge is 0.433 e. The monoisotopic (exact) mass is 644 g/mol. The molecule has 4 rings (SSSR count). The number of esters is 1. The van der Waals surface area contributed by atoms with Crippen LogP contribution in [0, 0.1) is 18.8 Å². The normalized spacial score (nSPS) is 15.8. The van der Waals surface area contributed by atoms with Gasteiger partial charge in [0.1, 0.15) is 23.0 Å². The standard InChI is InChI=1S/C31H39F3N8O4/c1-17(2)22(11-24(43)46-30(5,6)7)28(45)42(29-37-18(3)25-26(39-29)40(8)19(4)27(44)38-25)16-21-13-36-41(15-21)14-20-9-10-23(35-12-20)31(32,33)34/h9-10,12-13,15,17,19,22H,11,14,16H2,1-8H3,(H,38,44)/t19-,22-/m0/s1. The number of fused-ring (bicyclic) bond motifs is 1. The Balaban J connectivity index is 1.68. The average molecular weight is 645 g/mol. The number of carbonyl (C=O) groups is 3. The van der Waals surface area contributed by atoms with Gasteiger partial charge in [-0.3, -0.25) is 28.9 Å². The SMILES string of the molecule is Cc1nc(N(Cc2cnn(Cc3ccc(C(F)(F)F)nc3)c2)C(=O)[C@@H](CC(=O)OC(C)(C)C)C(C)C)nc2c1NC(=O)[C@H](C)N2C. The molecule has 0 aliphatic carbocycles. The lowest BCUT2D eigenvalue weighted by Crippen LogP contribution is -2.45. The number of nitrogens with zero attached hydrogens (tertiary/aromatic N) is 7. The number of aromatic nitrogens is 5. The number of ether oxygens (including phenoxy) is 1. The third-order valence-corrected chi connectivity index (χ3v) is 7.52. The summed E-state index contributed by atoms with van der Waals surface area (Å²) in [5.41, 5.74) is 0.251. The Bertz CT molecular complexity index is 1600. The van der Waals surface area contributed by atoms with Crippen LogP contribution in [-0.4, -0.2) is 61.2 Å². The molecule has 0 fully saturated rings. The second-order valence-corrected chi connectivity index (χ2v) is 12.7. The van der Waals surface area contributed by atoms with Crippen molar-refractivity contribution in [3.63, 3.8) is 0 Å². The molecule has 248 valence electrons. The Hall–Kier alpha value is -4.56. The molecule has 0 unspecified atom stereocenters. The van der Waals surface area contributed by atoms with E-state index in [4.69, 9.17) is 9.72 Å². The Kier molecular flexibility index (Phi) is 9.73. The van der Waals surface area contributed by atoms with Gasteiger partial charge in [-0.05, 0) is 52.2 Å². The number of amides is 2. The number of halogens is 3. The first-order valence-electron chi connectivity index (χ1n) is 14.8. The fourth-order valence-corrected chi connectivity index (χ4v) is 4.90. The molecule has 2 atom stereocenters. The van der Waals surface area contributed by atoms with Gasteiger partial charge in [0.2, 0.25) is 17.8 Å². The van der Waals surface area contributed by atoms with E-state index in [1.54, 1.807) is 52.8 Å². The van der Waals surface area contributed by atoms with E-state index in [9.17, 15) is 27.6 Å². The fraction of sp³-hybridized carbons (Fsp3) is 0.516. The number of hydrogen-bond donors (Lipinski definition) is 1. The second kappa shape index (κ2) is 13.0. The van der Waals surface area contributed by atoms with Crippen LogP contribution in [0.15, 0.2) is 30.7 Å². The number of anilines is 3. The van der Waals surface area contributed by atoms with Gasteiger partial charge >= 0.3 is 12.1 Å². The van der Waals surface area contributed by atoms with E-state index in [-0.39, 0.29) is 37.3 Å². The summed E-state index contributed by atoms with van der Waals surface area (Å²) in [5.74, 6) is -1.66. The summed E-state index contributed by atoms with van der Waals surface area (Å²) in [4.78, 5) is 55.5. The van der Waals surface area contributed by atoms with Crippen LogP contribution in [0.25, 0.3) is 0 Å². The van der Waals surface area contributed by atoms with Crippen LogP contribution in [0.3, 0.4) is 0 Å². The molecule has 2 amide bonds. The van der Waals surface area contributed by atoms with Crippen LogP contribution in [0.1, 0.15) is 70.5 Å². The first-order chi connectivity index (χ1) is 21.3. The van der Waals surface area contributed by atoms with Gasteiger partial charge in [-0.2, -0.15) is 23.3 Å². The van der Waals surface area contributed by atoms with Crippen LogP contribution >= 0.6 is 0 Å². The van der Waals surface area contributed by atoms with Crippen molar-refractivity contribution in [3.8, 4) is 0 Å². The molecule has 15 heteroatoms. The van der Waals surface area contributed by atoms with Gasteiger partial charge in [0.25, 0.3) is 0 Å². The Morgan fingerprint density at radius 2 is 1.80 bits per heavy atom. The molecule has 3 aromatic heterocycles. The highest BCUT2D eigenvalue weighted by molar-refractivity contribution is 6.03. The Labute approximate surface area is 265 Å². The van der Waals surface area contributed by atoms with Gasteiger partial charge < -0.3 is 15.0 Å². The maximum absolute atomic E-state index is 14.3. The van der Waals surface area contributed by atoms with E-state index >= 15 is 0 Å². The molecule has 3 aromatic rings. The summed E-state index contributed by atoms with van der Waals surface area (Å²) in [6.07, 6.45) is -0.364. The molecular weight excluding hydrogens is 605 g/mol. The van der Waals surface area contributed by atoms with Crippen LogP contribution in [0.2, 0.25) is 0 Å². The molecular formula is C31H39F3N8O4. The van der Waals surface area contributed by atoms with E-state index < -0.39 is 41.3 Å². The molecule has 1 aliphatic heterocycles. The topological polar surface area (TPSA) is 135 Å². The number of nitrogens with one attached hydrogen (secondary N) is 1. The number of aryl methyl sites for hydroxylation is 1. The fourth-order valence-electron chi connectivity index (χ4n) is 4.90. The molecule has 46 heavy (non-hydrogen) atoms. The van der Waals surface area contributed by atoms with Gasteiger partial charge in [-0.1, -0.05) is 19.9 Å². The van der Waals surface area contributed by atoms with E-state index in [0.717, 1.165) is 12.3 Å². The van der Waals surface area contributed by atoms with Crippen LogP contribution < -0.4 is 15.1 Å². The van der Waals surface area contributed by atoms with E-state index in [0.29, 0.717) is 28.3 Å². The van der Waals surface area contributed by atoms with Gasteiger partial charge in [-0.15, -0.1) is 0 Å². The number of likely N-dealkylation sites (N-methyl/N-ethyl adjacent to an activating group) is 1. The zero-order valence-electron chi connectivity index (χ0n) is 27.1. The number of carbonyl (C=O) groups excluding carboxylic acids is 3. The van der Waals surface area contributed by atoms with Gasteiger partial charge in [0.15, 0.2) is 5.82 Å². The number of hydrogen-bond acceptors (Lipinski definition) is 9. The first kappa shape index (κ1) is 34.3. The van der Waals surface area contributed by atoms with Gasteiger partial charge in [0, 0.05) is 25.0 Å². The quantitative estimate of drug-likeness (QED) is 0.327. The van der Waals surface area contributed by atoms with Crippen LogP contribution in [0.4, 0.5) is 30.6 Å². The summed E-state index contributed by atoms with van der Waals surface area (Å²) >= 11 is 0. The van der Waals surface area contributed by atoms with Gasteiger partial charge in [-0.25, -0.2) is 4.98 Å². The summed E-state index contributed by atoms with van der Waals surface area (Å²) in [6.45, 7) is 12.5. The van der Waals surface area contributed by atoms with Crippen molar-refractivity contribution < 1.29 is 32.3 Å². The predicted molar refractivity (Wildman–Crippen MR) is 164 cm³/mol. The van der Waals surface area contributed by atoms with E-state index in [1.807, 2.05) is 13.8 Å². The summed E-state index contributed by atoms with van der Waals surface area (Å²) in [5, 5.41) is 7.16. The molecule has 12 nitrogen and oxygen atoms in total. The lowest BCUT2D eigenvalue weighted by atomic mass is 9.91. The number of pyridine rings is 1. The molecule has 4 heterocycles. The minimum Gasteiger partial charge on any atom is -0.460 e. The van der Waals surface area contributed by atoms with Crippen LogP contribution in [0.5, 0.6) is 0 Å². The second-order valence-electron chi connectivity index (χ2n) is 12.7. The van der Waals surface area contributed by atoms with Crippen LogP contribution in [-0.2, 0) is 38.4 Å². The lowest BCUT2D eigenvalue weighted by molar-refractivity contribution is -0.157. The van der Waals surface area contributed by atoms with Crippen molar-refractivity contribution in [1.29, 1.82) is 0 Å². The zero-order chi connectivity index (χ0) is 34.1. The largest absolute Gasteiger partial charge is 0.460 e. The molecule has 1 N–H and O–H groups in total. The van der Waals surface area contributed by atoms with Crippen molar-refractivity contribution in [1.82, 2.24) is 24.7 Å². The highest BCUT2D eigenvalue weighted by atomic mass is 19.4. The molecule has 0 saturated carbocycles. The molecule has 0 bridgehead atoms. The van der Waals surface area contributed by atoms with Crippen molar-refractivity contribution in [2.24, 2.45) is 11.8 Å². The maximum Gasteiger partial charge on any atom is 0.433 e. The molecule has 0 aromatic carbocycles. The Morgan fingerprint density at radius 1 is 1.11 bits per heavy atom. The minimum atomic E-state index is -4.54. The minimum absolute atomic E-state index is 0.0223. The highest BCUT2D eigenvalue weighted by Gasteiger charge is 2.36. The number of alkyl halides is 3. The predicted octanol–water partition coefficient (Wildman–Crippen LogP) is 4.76. The van der Waals surface area contributed by atoms with Crippen molar-refractivity contribution in [2.45, 2.75) is 85.8 Å². The zero-order valence-corrected chi connectivity index (χ0v) is 27.1. The first-order valence-corrected chi connectivity index (χ1v) is 14.8. The Morgan fingerprint density at radius 3 is 2.39 bits per heavy atom. The van der Waals surface area contributed by atoms with Crippen molar-refractivity contribution >= 4 is 35.2 Å². The van der Waals surface area contributed by atoms with E-state index in [2.05, 4.69) is 20.4 Å². The summed E-state index contributed by atoms with van der Waals surface area (Å²) < 4.78 is 45.8. The number of rotatable bonds is 9. The van der Waals surface area contributed by atoms with Crippen molar-refractivity contribution in [2.75, 3.05) is 22.2 Å². The molecule has 0 radical (unpaired) electrons. The van der Waals surface area contributed by atoms with Gasteiger partial charge in [0.05, 0.1) is 37.3 Å². The summed E-state index contributed by atoms with van der Waals surface area (Å²) in [7, 11) is 1.73.